The van der Waals surface area contributed by atoms with Crippen molar-refractivity contribution in [2.75, 3.05) is 4.31 Å². The molecule has 6 nitrogen and oxygen atoms in total. The molecule has 0 unspecified atom stereocenters. The second kappa shape index (κ2) is 6.84. The Morgan fingerprint density at radius 3 is 2.36 bits per heavy atom. The third kappa shape index (κ3) is 3.52. The molecule has 0 spiro atoms. The number of hydrogen-bond donors (Lipinski definition) is 3. The number of nitrogens with zero attached hydrogens (tertiary/aromatic N) is 1. The van der Waals surface area contributed by atoms with Crippen molar-refractivity contribution >= 4 is 66.8 Å². The fraction of sp³-hybridized carbons (Fsp3) is 0. The van der Waals surface area contributed by atoms with Gasteiger partial charge in [-0.25, -0.2) is 17.5 Å². The van der Waals surface area contributed by atoms with Gasteiger partial charge in [0.05, 0.1) is 11.4 Å². The van der Waals surface area contributed by atoms with Gasteiger partial charge in [0.25, 0.3) is 0 Å². The molecule has 0 bridgehead atoms. The van der Waals surface area contributed by atoms with Gasteiger partial charge in [-0.05, 0) is 68.9 Å². The molecular formula is C13H9BrINO5S. The fourth-order valence-electron chi connectivity index (χ4n) is 1.81. The van der Waals surface area contributed by atoms with Crippen LogP contribution in [0, 0.1) is 3.57 Å². The Labute approximate surface area is 149 Å². The van der Waals surface area contributed by atoms with Gasteiger partial charge in [0.15, 0.2) is 0 Å². The second-order valence-electron chi connectivity index (χ2n) is 4.15. The highest BCUT2D eigenvalue weighted by Gasteiger charge is 2.18. The van der Waals surface area contributed by atoms with Crippen LogP contribution in [0.2, 0.25) is 0 Å². The Bertz CT molecular complexity index is 816. The standard InChI is InChI=1S/C13H9BrINO5S/c14-10-5-7(15)1-4-11(10)16(22(20)21)8-2-3-9(13(18)19)12(17)6-8/h1-6,17,22H,(H,18,19). The van der Waals surface area contributed by atoms with Gasteiger partial charge in [-0.3, -0.25) is 0 Å². The maximum absolute atomic E-state index is 11.6. The number of aromatic hydroxyl groups is 1. The summed E-state index contributed by atoms with van der Waals surface area (Å²) in [5.41, 5.74) is 0.200. The van der Waals surface area contributed by atoms with Crippen LogP contribution in [-0.4, -0.2) is 24.6 Å². The average Bonchev–Trinajstić information content (AvgIpc) is 2.41. The molecule has 0 amide bonds. The first-order valence-electron chi connectivity index (χ1n) is 5.77. The third-order valence-corrected chi connectivity index (χ3v) is 4.84. The number of carboxylic acid groups (broad SMARTS) is 1. The van der Waals surface area contributed by atoms with Gasteiger partial charge >= 0.3 is 5.97 Å². The zero-order valence-electron chi connectivity index (χ0n) is 10.7. The highest BCUT2D eigenvalue weighted by atomic mass is 127. The highest BCUT2D eigenvalue weighted by Crippen LogP contribution is 2.35. The van der Waals surface area contributed by atoms with E-state index in [-0.39, 0.29) is 11.3 Å². The Morgan fingerprint density at radius 1 is 1.18 bits per heavy atom. The van der Waals surface area contributed by atoms with Gasteiger partial charge in [0, 0.05) is 14.1 Å². The summed E-state index contributed by atoms with van der Waals surface area (Å²) >= 11 is 5.39. The number of anilines is 2. The van der Waals surface area contributed by atoms with E-state index in [1.807, 2.05) is 0 Å². The molecule has 0 heterocycles. The molecular weight excluding hydrogens is 489 g/mol. The van der Waals surface area contributed by atoms with E-state index in [2.05, 4.69) is 38.5 Å². The number of halogens is 2. The number of carboxylic acids is 1. The maximum atomic E-state index is 11.6. The van der Waals surface area contributed by atoms with Crippen molar-refractivity contribution in [3.8, 4) is 5.75 Å². The minimum absolute atomic E-state index is 0.139. The smallest absolute Gasteiger partial charge is 0.339 e. The molecule has 0 aliphatic rings. The first-order chi connectivity index (χ1) is 10.3. The van der Waals surface area contributed by atoms with Crippen LogP contribution in [0.1, 0.15) is 10.4 Å². The highest BCUT2D eigenvalue weighted by molar-refractivity contribution is 14.1. The van der Waals surface area contributed by atoms with Crippen molar-refractivity contribution in [1.82, 2.24) is 0 Å². The van der Waals surface area contributed by atoms with Crippen molar-refractivity contribution in [3.05, 3.63) is 50.0 Å². The van der Waals surface area contributed by atoms with E-state index in [1.165, 1.54) is 6.07 Å². The number of benzene rings is 2. The lowest BCUT2D eigenvalue weighted by Gasteiger charge is -2.20. The number of hydrogen-bond acceptors (Lipinski definition) is 4. The van der Waals surface area contributed by atoms with E-state index in [9.17, 15) is 18.3 Å². The molecule has 0 saturated heterocycles. The summed E-state index contributed by atoms with van der Waals surface area (Å²) in [7, 11) is -3.04. The van der Waals surface area contributed by atoms with Crippen LogP contribution in [-0.2, 0) is 10.9 Å². The van der Waals surface area contributed by atoms with Crippen LogP contribution in [0.25, 0.3) is 0 Å². The summed E-state index contributed by atoms with van der Waals surface area (Å²) < 4.78 is 25.7. The SMILES string of the molecule is O=C(O)c1ccc(N(c2ccc(I)cc2Br)[SH](=O)=O)cc1O. The lowest BCUT2D eigenvalue weighted by Crippen LogP contribution is -2.15. The van der Waals surface area contributed by atoms with Gasteiger partial charge in [-0.1, -0.05) is 0 Å². The van der Waals surface area contributed by atoms with Crippen LogP contribution in [0.5, 0.6) is 5.75 Å². The topological polar surface area (TPSA) is 94.9 Å². The molecule has 2 rings (SSSR count). The Kier molecular flexibility index (Phi) is 5.29. The Morgan fingerprint density at radius 2 is 1.86 bits per heavy atom. The Balaban J connectivity index is 2.58. The third-order valence-electron chi connectivity index (χ3n) is 2.76. The zero-order chi connectivity index (χ0) is 16.4. The predicted molar refractivity (Wildman–Crippen MR) is 94.4 cm³/mol. The van der Waals surface area contributed by atoms with Gasteiger partial charge in [-0.2, -0.15) is 0 Å². The molecule has 0 atom stereocenters. The predicted octanol–water partition coefficient (Wildman–Crippen LogP) is 3.12. The molecule has 9 heteroatoms. The van der Waals surface area contributed by atoms with E-state index in [4.69, 9.17) is 5.11 Å². The molecule has 2 aromatic rings. The Hall–Kier alpha value is -1.33. The normalized spacial score (nSPS) is 10.7. The van der Waals surface area contributed by atoms with Crippen molar-refractivity contribution < 1.29 is 23.4 Å². The minimum Gasteiger partial charge on any atom is -0.507 e. The maximum Gasteiger partial charge on any atom is 0.339 e. The summed E-state index contributed by atoms with van der Waals surface area (Å²) in [5.74, 6) is -1.80. The van der Waals surface area contributed by atoms with E-state index < -0.39 is 22.6 Å². The summed E-state index contributed by atoms with van der Waals surface area (Å²) in [6.07, 6.45) is 0. The van der Waals surface area contributed by atoms with E-state index in [0.717, 1.165) is 20.0 Å². The fourth-order valence-corrected chi connectivity index (χ4v) is 4.08. The van der Waals surface area contributed by atoms with E-state index >= 15 is 0 Å². The molecule has 2 aromatic carbocycles. The second-order valence-corrected chi connectivity index (χ2v) is 7.13. The summed E-state index contributed by atoms with van der Waals surface area (Å²) in [6, 6.07) is 8.65. The van der Waals surface area contributed by atoms with Crippen molar-refractivity contribution in [2.24, 2.45) is 0 Å². The molecule has 0 radical (unpaired) electrons. The molecule has 0 aliphatic carbocycles. The van der Waals surface area contributed by atoms with Crippen molar-refractivity contribution in [1.29, 1.82) is 0 Å². The first-order valence-corrected chi connectivity index (χ1v) is 8.77. The molecule has 22 heavy (non-hydrogen) atoms. The summed E-state index contributed by atoms with van der Waals surface area (Å²) in [5, 5.41) is 18.6. The van der Waals surface area contributed by atoms with Crippen molar-refractivity contribution in [3.63, 3.8) is 0 Å². The number of thiol groups is 1. The zero-order valence-corrected chi connectivity index (χ0v) is 15.4. The monoisotopic (exact) mass is 497 g/mol. The lowest BCUT2D eigenvalue weighted by molar-refractivity contribution is 0.0694. The molecule has 0 fully saturated rings. The largest absolute Gasteiger partial charge is 0.507 e. The van der Waals surface area contributed by atoms with Gasteiger partial charge in [0.2, 0.25) is 10.9 Å². The molecule has 2 N–H and O–H groups in total. The molecule has 0 aliphatic heterocycles. The van der Waals surface area contributed by atoms with Gasteiger partial charge in [-0.15, -0.1) is 0 Å². The quantitative estimate of drug-likeness (QED) is 0.445. The van der Waals surface area contributed by atoms with Crippen LogP contribution in [0.4, 0.5) is 11.4 Å². The number of rotatable bonds is 4. The van der Waals surface area contributed by atoms with Crippen LogP contribution in [0.3, 0.4) is 0 Å². The number of aromatic carboxylic acids is 1. The number of carbonyl (C=O) groups is 1. The first kappa shape index (κ1) is 17.0. The average molecular weight is 498 g/mol. The molecule has 116 valence electrons. The van der Waals surface area contributed by atoms with E-state index in [1.54, 1.807) is 18.2 Å². The lowest BCUT2D eigenvalue weighted by atomic mass is 10.2. The van der Waals surface area contributed by atoms with Crippen LogP contribution >= 0.6 is 38.5 Å². The minimum atomic E-state index is -3.04. The van der Waals surface area contributed by atoms with Gasteiger partial charge < -0.3 is 10.2 Å². The number of phenols is 1. The van der Waals surface area contributed by atoms with Crippen molar-refractivity contribution in [2.45, 2.75) is 0 Å². The summed E-state index contributed by atoms with van der Waals surface area (Å²) in [4.78, 5) is 10.9. The molecule has 0 aromatic heterocycles. The van der Waals surface area contributed by atoms with Crippen LogP contribution < -0.4 is 4.31 Å². The van der Waals surface area contributed by atoms with Crippen LogP contribution in [0.15, 0.2) is 40.9 Å². The van der Waals surface area contributed by atoms with Gasteiger partial charge in [0.1, 0.15) is 11.3 Å². The van der Waals surface area contributed by atoms with E-state index in [0.29, 0.717) is 10.2 Å². The summed E-state index contributed by atoms with van der Waals surface area (Å²) in [6.45, 7) is 0. The molecule has 0 saturated carbocycles.